The van der Waals surface area contributed by atoms with Gasteiger partial charge in [-0.1, -0.05) is 18.2 Å². The van der Waals surface area contributed by atoms with E-state index < -0.39 is 6.36 Å². The molecule has 0 saturated carbocycles. The van der Waals surface area contributed by atoms with E-state index in [2.05, 4.69) is 26.0 Å². The summed E-state index contributed by atoms with van der Waals surface area (Å²) in [5.74, 6) is -0.771. The van der Waals surface area contributed by atoms with Crippen LogP contribution in [-0.4, -0.2) is 30.3 Å². The minimum Gasteiger partial charge on any atom is -0.406 e. The zero-order valence-corrected chi connectivity index (χ0v) is 16.9. The average Bonchev–Trinajstić information content (AvgIpc) is 2.78. The fraction of sp³-hybridized carbons (Fsp3) is 0.261. The van der Waals surface area contributed by atoms with Gasteiger partial charge in [0.2, 0.25) is 5.91 Å². The number of ether oxygens (including phenoxy) is 1. The van der Waals surface area contributed by atoms with E-state index in [4.69, 9.17) is 0 Å². The number of anilines is 2. The van der Waals surface area contributed by atoms with Gasteiger partial charge in [0.15, 0.2) is 0 Å². The topological polar surface area (TPSA) is 78.2 Å². The number of pyridine rings is 1. The Morgan fingerprint density at radius 3 is 2.47 bits per heavy atom. The normalized spacial score (nSPS) is 14.8. The number of para-hydroxylation sites is 1. The fourth-order valence-electron chi connectivity index (χ4n) is 3.90. The van der Waals surface area contributed by atoms with Gasteiger partial charge in [0, 0.05) is 36.3 Å². The van der Waals surface area contributed by atoms with Gasteiger partial charge in [0.25, 0.3) is 0 Å². The predicted octanol–water partition coefficient (Wildman–Crippen LogP) is 4.86. The van der Waals surface area contributed by atoms with Gasteiger partial charge < -0.3 is 15.0 Å². The predicted molar refractivity (Wildman–Crippen MR) is 113 cm³/mol. The molecule has 0 radical (unpaired) electrons. The van der Waals surface area contributed by atoms with Gasteiger partial charge in [-0.25, -0.2) is 0 Å². The molecule has 1 N–H and O–H groups in total. The maximum absolute atomic E-state index is 12.7. The third-order valence-electron chi connectivity index (χ3n) is 5.40. The number of aromatic nitrogens is 1. The molecule has 1 aliphatic heterocycles. The van der Waals surface area contributed by atoms with Crippen LogP contribution in [-0.2, 0) is 4.79 Å². The summed E-state index contributed by atoms with van der Waals surface area (Å²) in [5.41, 5.74) is 2.53. The van der Waals surface area contributed by atoms with Crippen LogP contribution in [0.15, 0.2) is 54.7 Å². The highest BCUT2D eigenvalue weighted by atomic mass is 19.4. The summed E-state index contributed by atoms with van der Waals surface area (Å²) in [7, 11) is 0. The first-order valence-corrected chi connectivity index (χ1v) is 10.0. The molecule has 0 aliphatic carbocycles. The van der Waals surface area contributed by atoms with Crippen LogP contribution in [0.3, 0.4) is 0 Å². The molecular formula is C23H19F3N4O2. The summed E-state index contributed by atoms with van der Waals surface area (Å²) in [6.07, 6.45) is -2.02. The second-order valence-corrected chi connectivity index (χ2v) is 7.47. The van der Waals surface area contributed by atoms with Crippen LogP contribution in [0, 0.1) is 17.2 Å². The van der Waals surface area contributed by atoms with Crippen molar-refractivity contribution in [1.29, 1.82) is 5.26 Å². The molecule has 32 heavy (non-hydrogen) atoms. The van der Waals surface area contributed by atoms with Crippen LogP contribution in [0.1, 0.15) is 18.4 Å². The molecule has 4 rings (SSSR count). The standard InChI is InChI=1S/C23H19F3N4O2/c24-23(25,26)32-18-7-5-17(6-8-18)29-22(31)15-9-11-30(12-10-15)21-16(13-27)14-28-20-4-2-1-3-19(20)21/h1-8,14-15H,9-12H2,(H,29,31). The number of nitrogens with one attached hydrogen (secondary N) is 1. The van der Waals surface area contributed by atoms with Gasteiger partial charge in [0.05, 0.1) is 16.8 Å². The number of alkyl halides is 3. The summed E-state index contributed by atoms with van der Waals surface area (Å²) >= 11 is 0. The monoisotopic (exact) mass is 440 g/mol. The molecule has 0 atom stereocenters. The second kappa shape index (κ2) is 8.75. The number of halogens is 3. The van der Waals surface area contributed by atoms with Crippen molar-refractivity contribution in [2.75, 3.05) is 23.3 Å². The Morgan fingerprint density at radius 2 is 1.81 bits per heavy atom. The molecule has 0 unspecified atom stereocenters. The summed E-state index contributed by atoms with van der Waals surface area (Å²) < 4.78 is 40.6. The Labute approximate surface area is 182 Å². The molecule has 2 aromatic carbocycles. The number of carbonyl (C=O) groups excluding carboxylic acids is 1. The van der Waals surface area contributed by atoms with Crippen LogP contribution in [0.2, 0.25) is 0 Å². The van der Waals surface area contributed by atoms with E-state index in [9.17, 15) is 23.2 Å². The zero-order chi connectivity index (χ0) is 22.7. The van der Waals surface area contributed by atoms with Gasteiger partial charge in [0.1, 0.15) is 11.8 Å². The maximum Gasteiger partial charge on any atom is 0.573 e. The van der Waals surface area contributed by atoms with Crippen molar-refractivity contribution in [1.82, 2.24) is 4.98 Å². The smallest absolute Gasteiger partial charge is 0.406 e. The molecule has 1 saturated heterocycles. The quantitative estimate of drug-likeness (QED) is 0.627. The maximum atomic E-state index is 12.7. The van der Waals surface area contributed by atoms with Crippen LogP contribution in [0.5, 0.6) is 5.75 Å². The molecule has 9 heteroatoms. The first kappa shape index (κ1) is 21.4. The number of fused-ring (bicyclic) bond motifs is 1. The van der Waals surface area contributed by atoms with Crippen molar-refractivity contribution in [2.24, 2.45) is 5.92 Å². The lowest BCUT2D eigenvalue weighted by molar-refractivity contribution is -0.274. The van der Waals surface area contributed by atoms with Gasteiger partial charge in [-0.3, -0.25) is 9.78 Å². The number of benzene rings is 2. The van der Waals surface area contributed by atoms with Gasteiger partial charge in [-0.2, -0.15) is 5.26 Å². The number of hydrogen-bond donors (Lipinski definition) is 1. The van der Waals surface area contributed by atoms with E-state index in [1.807, 2.05) is 24.3 Å². The molecule has 0 spiro atoms. The van der Waals surface area contributed by atoms with Crippen molar-refractivity contribution in [2.45, 2.75) is 19.2 Å². The van der Waals surface area contributed by atoms with Crippen LogP contribution in [0.25, 0.3) is 10.9 Å². The number of carbonyl (C=O) groups is 1. The summed E-state index contributed by atoms with van der Waals surface area (Å²) in [6, 6.07) is 14.9. The summed E-state index contributed by atoms with van der Waals surface area (Å²) in [6.45, 7) is 1.19. The summed E-state index contributed by atoms with van der Waals surface area (Å²) in [4.78, 5) is 19.1. The number of amides is 1. The Balaban J connectivity index is 1.41. The highest BCUT2D eigenvalue weighted by Gasteiger charge is 2.31. The molecule has 3 aromatic rings. The van der Waals surface area contributed by atoms with Crippen molar-refractivity contribution in [3.8, 4) is 11.8 Å². The van der Waals surface area contributed by atoms with E-state index >= 15 is 0 Å². The number of hydrogen-bond acceptors (Lipinski definition) is 5. The van der Waals surface area contributed by atoms with Gasteiger partial charge in [-0.05, 0) is 43.2 Å². The molecule has 1 amide bonds. The first-order valence-electron chi connectivity index (χ1n) is 10.0. The Bertz CT molecular complexity index is 1160. The minimum atomic E-state index is -4.76. The molecule has 1 fully saturated rings. The fourth-order valence-corrected chi connectivity index (χ4v) is 3.90. The Kier molecular flexibility index (Phi) is 5.86. The Hall–Kier alpha value is -3.80. The van der Waals surface area contributed by atoms with Crippen molar-refractivity contribution >= 4 is 28.2 Å². The van der Waals surface area contributed by atoms with E-state index in [1.165, 1.54) is 12.1 Å². The van der Waals surface area contributed by atoms with E-state index in [1.54, 1.807) is 6.20 Å². The van der Waals surface area contributed by atoms with Gasteiger partial charge >= 0.3 is 6.36 Å². The van der Waals surface area contributed by atoms with Gasteiger partial charge in [-0.15, -0.1) is 13.2 Å². The number of nitriles is 1. The van der Waals surface area contributed by atoms with Crippen molar-refractivity contribution in [3.05, 3.63) is 60.3 Å². The lowest BCUT2D eigenvalue weighted by atomic mass is 9.94. The molecule has 1 aliphatic rings. The molecule has 0 bridgehead atoms. The zero-order valence-electron chi connectivity index (χ0n) is 16.9. The molecule has 6 nitrogen and oxygen atoms in total. The largest absolute Gasteiger partial charge is 0.573 e. The summed E-state index contributed by atoms with van der Waals surface area (Å²) in [5, 5.41) is 13.2. The number of piperidine rings is 1. The van der Waals surface area contributed by atoms with E-state index in [-0.39, 0.29) is 17.6 Å². The third-order valence-corrected chi connectivity index (χ3v) is 5.40. The lowest BCUT2D eigenvalue weighted by Gasteiger charge is -2.34. The number of nitrogens with zero attached hydrogens (tertiary/aromatic N) is 3. The first-order chi connectivity index (χ1) is 15.3. The van der Waals surface area contributed by atoms with E-state index in [0.717, 1.165) is 28.7 Å². The SMILES string of the molecule is N#Cc1cnc2ccccc2c1N1CCC(C(=O)Nc2ccc(OC(F)(F)F)cc2)CC1. The highest BCUT2D eigenvalue weighted by Crippen LogP contribution is 2.33. The number of rotatable bonds is 4. The molecule has 164 valence electrons. The second-order valence-electron chi connectivity index (χ2n) is 7.47. The van der Waals surface area contributed by atoms with Crippen LogP contribution < -0.4 is 15.0 Å². The van der Waals surface area contributed by atoms with E-state index in [0.29, 0.717) is 37.2 Å². The average molecular weight is 440 g/mol. The van der Waals surface area contributed by atoms with Crippen molar-refractivity contribution in [3.63, 3.8) is 0 Å². The van der Waals surface area contributed by atoms with Crippen LogP contribution >= 0.6 is 0 Å². The van der Waals surface area contributed by atoms with Crippen molar-refractivity contribution < 1.29 is 22.7 Å². The lowest BCUT2D eigenvalue weighted by Crippen LogP contribution is -2.38. The molecule has 2 heterocycles. The molecular weight excluding hydrogens is 421 g/mol. The Morgan fingerprint density at radius 1 is 1.12 bits per heavy atom. The third kappa shape index (κ3) is 4.75. The highest BCUT2D eigenvalue weighted by molar-refractivity contribution is 5.95. The van der Waals surface area contributed by atoms with Crippen LogP contribution in [0.4, 0.5) is 24.5 Å². The molecule has 1 aromatic heterocycles. The minimum absolute atomic E-state index is 0.186.